The van der Waals surface area contributed by atoms with E-state index in [0.717, 1.165) is 18.7 Å². The van der Waals surface area contributed by atoms with Crippen LogP contribution in [0.4, 0.5) is 0 Å². The molecule has 88 valence electrons. The van der Waals surface area contributed by atoms with Crippen LogP contribution in [-0.4, -0.2) is 24.3 Å². The molecule has 2 nitrogen and oxygen atoms in total. The highest BCUT2D eigenvalue weighted by Crippen LogP contribution is 2.30. The Morgan fingerprint density at radius 1 is 1.38 bits per heavy atom. The lowest BCUT2D eigenvalue weighted by Gasteiger charge is -2.34. The average molecular weight is 237 g/mol. The summed E-state index contributed by atoms with van der Waals surface area (Å²) in [5, 5.41) is 3.60. The third-order valence-electron chi connectivity index (χ3n) is 2.94. The lowest BCUT2D eigenvalue weighted by molar-refractivity contribution is 0.414. The Hall–Kier alpha value is -0.670. The first-order valence-corrected chi connectivity index (χ1v) is 6.72. The van der Waals surface area contributed by atoms with E-state index in [4.69, 9.17) is 4.74 Å². The van der Waals surface area contributed by atoms with Gasteiger partial charge in [-0.25, -0.2) is 0 Å². The van der Waals surface area contributed by atoms with Gasteiger partial charge in [-0.3, -0.25) is 0 Å². The van der Waals surface area contributed by atoms with E-state index in [1.54, 1.807) is 7.11 Å². The minimum absolute atomic E-state index is 0.201. The molecule has 1 unspecified atom stereocenters. The number of benzene rings is 1. The van der Waals surface area contributed by atoms with Crippen molar-refractivity contribution in [3.63, 3.8) is 0 Å². The third kappa shape index (κ3) is 2.92. The van der Waals surface area contributed by atoms with Gasteiger partial charge in [-0.05, 0) is 49.8 Å². The molecule has 2 rings (SSSR count). The van der Waals surface area contributed by atoms with Crippen LogP contribution < -0.4 is 10.1 Å². The van der Waals surface area contributed by atoms with Gasteiger partial charge in [-0.1, -0.05) is 12.1 Å². The maximum absolute atomic E-state index is 5.16. The number of ether oxygens (including phenoxy) is 1. The highest BCUT2D eigenvalue weighted by atomic mass is 32.2. The molecule has 1 N–H and O–H groups in total. The fourth-order valence-corrected chi connectivity index (χ4v) is 3.23. The standard InChI is InChI=1S/C13H19NOS/c1-13(14-8-3-9-16-13)10-11-4-6-12(15-2)7-5-11/h4-7,14H,3,8-10H2,1-2H3. The molecular weight excluding hydrogens is 218 g/mol. The number of rotatable bonds is 3. The molecule has 0 radical (unpaired) electrons. The molecule has 1 heterocycles. The van der Waals surface area contributed by atoms with Gasteiger partial charge in [0, 0.05) is 0 Å². The van der Waals surface area contributed by atoms with Gasteiger partial charge < -0.3 is 10.1 Å². The van der Waals surface area contributed by atoms with Crippen LogP contribution in [0.15, 0.2) is 24.3 Å². The van der Waals surface area contributed by atoms with E-state index in [2.05, 4.69) is 24.4 Å². The molecule has 1 aliphatic rings. The van der Waals surface area contributed by atoms with Crippen molar-refractivity contribution in [2.24, 2.45) is 0 Å². The van der Waals surface area contributed by atoms with Crippen molar-refractivity contribution >= 4 is 11.8 Å². The molecule has 1 aliphatic heterocycles. The zero-order valence-electron chi connectivity index (χ0n) is 9.95. The van der Waals surface area contributed by atoms with Crippen LogP contribution >= 0.6 is 11.8 Å². The van der Waals surface area contributed by atoms with Gasteiger partial charge in [0.25, 0.3) is 0 Å². The van der Waals surface area contributed by atoms with E-state index in [-0.39, 0.29) is 4.87 Å². The molecule has 0 aromatic heterocycles. The van der Waals surface area contributed by atoms with E-state index in [0.29, 0.717) is 0 Å². The van der Waals surface area contributed by atoms with Crippen LogP contribution in [-0.2, 0) is 6.42 Å². The maximum Gasteiger partial charge on any atom is 0.118 e. The van der Waals surface area contributed by atoms with E-state index < -0.39 is 0 Å². The molecule has 1 atom stereocenters. The summed E-state index contributed by atoms with van der Waals surface area (Å²) >= 11 is 2.03. The molecule has 0 aliphatic carbocycles. The van der Waals surface area contributed by atoms with Gasteiger partial charge in [-0.2, -0.15) is 0 Å². The lowest BCUT2D eigenvalue weighted by atomic mass is 10.1. The predicted molar refractivity (Wildman–Crippen MR) is 70.2 cm³/mol. The van der Waals surface area contributed by atoms with E-state index in [1.165, 1.54) is 17.7 Å². The molecule has 3 heteroatoms. The highest BCUT2D eigenvalue weighted by Gasteiger charge is 2.26. The van der Waals surface area contributed by atoms with E-state index in [1.807, 2.05) is 23.9 Å². The average Bonchev–Trinajstić information content (AvgIpc) is 2.30. The fraction of sp³-hybridized carbons (Fsp3) is 0.538. The van der Waals surface area contributed by atoms with E-state index >= 15 is 0 Å². The lowest BCUT2D eigenvalue weighted by Crippen LogP contribution is -2.45. The first-order valence-electron chi connectivity index (χ1n) is 5.74. The summed E-state index contributed by atoms with van der Waals surface area (Å²) in [4.78, 5) is 0.201. The second kappa shape index (κ2) is 5.11. The second-order valence-electron chi connectivity index (χ2n) is 4.38. The minimum atomic E-state index is 0.201. The third-order valence-corrected chi connectivity index (χ3v) is 4.36. The quantitative estimate of drug-likeness (QED) is 0.873. The van der Waals surface area contributed by atoms with Crippen molar-refractivity contribution in [2.75, 3.05) is 19.4 Å². The first-order chi connectivity index (χ1) is 7.72. The topological polar surface area (TPSA) is 21.3 Å². The van der Waals surface area contributed by atoms with Crippen molar-refractivity contribution in [3.8, 4) is 5.75 Å². The van der Waals surface area contributed by atoms with Gasteiger partial charge >= 0.3 is 0 Å². The Morgan fingerprint density at radius 2 is 2.12 bits per heavy atom. The summed E-state index contributed by atoms with van der Waals surface area (Å²) in [6.45, 7) is 3.43. The van der Waals surface area contributed by atoms with Crippen molar-refractivity contribution in [1.29, 1.82) is 0 Å². The summed E-state index contributed by atoms with van der Waals surface area (Å²) in [7, 11) is 1.70. The van der Waals surface area contributed by atoms with Crippen molar-refractivity contribution in [2.45, 2.75) is 24.6 Å². The van der Waals surface area contributed by atoms with Crippen LogP contribution in [0, 0.1) is 0 Å². The molecule has 1 aromatic carbocycles. The number of methoxy groups -OCH3 is 1. The SMILES string of the molecule is COc1ccc(CC2(C)NCCCS2)cc1. The molecule has 1 fully saturated rings. The summed E-state index contributed by atoms with van der Waals surface area (Å²) in [5.74, 6) is 2.19. The Morgan fingerprint density at radius 3 is 2.69 bits per heavy atom. The van der Waals surface area contributed by atoms with Gasteiger partial charge in [0.15, 0.2) is 0 Å². The predicted octanol–water partition coefficient (Wildman–Crippen LogP) is 2.68. The molecule has 0 spiro atoms. The zero-order valence-corrected chi connectivity index (χ0v) is 10.8. The summed E-state index contributed by atoms with van der Waals surface area (Å²) in [6, 6.07) is 8.38. The molecule has 16 heavy (non-hydrogen) atoms. The van der Waals surface area contributed by atoms with Gasteiger partial charge in [0.2, 0.25) is 0 Å². The zero-order chi connectivity index (χ0) is 11.4. The van der Waals surface area contributed by atoms with Crippen LogP contribution in [0.25, 0.3) is 0 Å². The van der Waals surface area contributed by atoms with Gasteiger partial charge in [-0.15, -0.1) is 11.8 Å². The smallest absolute Gasteiger partial charge is 0.118 e. The second-order valence-corrected chi connectivity index (χ2v) is 5.98. The number of hydrogen-bond donors (Lipinski definition) is 1. The maximum atomic E-state index is 5.16. The Labute approximate surface area is 102 Å². The normalized spacial score (nSPS) is 25.4. The van der Waals surface area contributed by atoms with E-state index in [9.17, 15) is 0 Å². The highest BCUT2D eigenvalue weighted by molar-refractivity contribution is 8.00. The van der Waals surface area contributed by atoms with Crippen molar-refractivity contribution in [3.05, 3.63) is 29.8 Å². The van der Waals surface area contributed by atoms with Crippen molar-refractivity contribution in [1.82, 2.24) is 5.32 Å². The van der Waals surface area contributed by atoms with Gasteiger partial charge in [0.05, 0.1) is 12.0 Å². The van der Waals surface area contributed by atoms with Crippen LogP contribution in [0.5, 0.6) is 5.75 Å². The number of hydrogen-bond acceptors (Lipinski definition) is 3. The Bertz CT molecular complexity index is 330. The Kier molecular flexibility index (Phi) is 3.77. The molecule has 0 saturated carbocycles. The number of thioether (sulfide) groups is 1. The minimum Gasteiger partial charge on any atom is -0.497 e. The summed E-state index contributed by atoms with van der Waals surface area (Å²) < 4.78 is 5.16. The van der Waals surface area contributed by atoms with Crippen molar-refractivity contribution < 1.29 is 4.74 Å². The largest absolute Gasteiger partial charge is 0.497 e. The first kappa shape index (κ1) is 11.8. The van der Waals surface area contributed by atoms with Gasteiger partial charge in [0.1, 0.15) is 5.75 Å². The van der Waals surface area contributed by atoms with Crippen LogP contribution in [0.1, 0.15) is 18.9 Å². The number of nitrogens with one attached hydrogen (secondary N) is 1. The summed E-state index contributed by atoms with van der Waals surface area (Å²) in [5.41, 5.74) is 1.37. The molecular formula is C13H19NOS. The molecule has 1 aromatic rings. The van der Waals surface area contributed by atoms with Crippen LogP contribution in [0.3, 0.4) is 0 Å². The molecule has 0 amide bonds. The summed E-state index contributed by atoms with van der Waals surface area (Å²) in [6.07, 6.45) is 2.35. The monoisotopic (exact) mass is 237 g/mol. The fourth-order valence-electron chi connectivity index (χ4n) is 2.02. The molecule has 0 bridgehead atoms. The molecule has 1 saturated heterocycles. The Balaban J connectivity index is 2.01. The van der Waals surface area contributed by atoms with Crippen LogP contribution in [0.2, 0.25) is 0 Å².